The number of halogens is 1. The molecule has 1 amide bonds. The number of benzene rings is 1. The summed E-state index contributed by atoms with van der Waals surface area (Å²) in [7, 11) is 4.03. The summed E-state index contributed by atoms with van der Waals surface area (Å²) < 4.78 is 0. The predicted octanol–water partition coefficient (Wildman–Crippen LogP) is 4.92. The van der Waals surface area contributed by atoms with Crippen LogP contribution in [-0.4, -0.2) is 30.0 Å². The van der Waals surface area contributed by atoms with Crippen molar-refractivity contribution in [3.05, 3.63) is 35.3 Å². The molecule has 0 aliphatic rings. The second kappa shape index (κ2) is 8.61. The predicted molar refractivity (Wildman–Crippen MR) is 117 cm³/mol. The Morgan fingerprint density at radius 2 is 1.81 bits per heavy atom. The number of thiazole rings is 2. The Labute approximate surface area is 171 Å². The van der Waals surface area contributed by atoms with E-state index in [4.69, 9.17) is 0 Å². The van der Waals surface area contributed by atoms with Gasteiger partial charge in [-0.25, -0.2) is 9.97 Å². The van der Waals surface area contributed by atoms with Gasteiger partial charge < -0.3 is 15.5 Å². The molecule has 2 N–H and O–H groups in total. The Morgan fingerprint density at radius 1 is 1.12 bits per heavy atom. The average Bonchev–Trinajstić information content (AvgIpc) is 3.13. The van der Waals surface area contributed by atoms with Crippen molar-refractivity contribution >= 4 is 67.2 Å². The molecule has 3 aromatic rings. The van der Waals surface area contributed by atoms with Gasteiger partial charge in [0, 0.05) is 37.8 Å². The van der Waals surface area contributed by atoms with Crippen molar-refractivity contribution in [1.82, 2.24) is 9.97 Å². The molecule has 0 bridgehead atoms. The average molecular weight is 454 g/mol. The van der Waals surface area contributed by atoms with Gasteiger partial charge in [-0.1, -0.05) is 11.3 Å². The number of hydrogen-bond acceptors (Lipinski definition) is 7. The summed E-state index contributed by atoms with van der Waals surface area (Å²) in [6, 6.07) is 8.18. The number of nitrogens with zero attached hydrogens (tertiary/aromatic N) is 3. The van der Waals surface area contributed by atoms with Gasteiger partial charge in [-0.2, -0.15) is 0 Å². The van der Waals surface area contributed by atoms with Crippen LogP contribution in [0.1, 0.15) is 12.6 Å². The number of hydrogen-bond donors (Lipinski definition) is 2. The van der Waals surface area contributed by atoms with Crippen molar-refractivity contribution in [2.75, 3.05) is 29.6 Å². The molecule has 0 saturated heterocycles. The zero-order valence-corrected chi connectivity index (χ0v) is 18.2. The number of amides is 1. The first-order chi connectivity index (χ1) is 11.9. The van der Waals surface area contributed by atoms with E-state index in [1.807, 2.05) is 38.5 Å². The fourth-order valence-corrected chi connectivity index (χ4v) is 4.01. The molecule has 1 aromatic carbocycles. The van der Waals surface area contributed by atoms with Gasteiger partial charge in [0.2, 0.25) is 5.91 Å². The van der Waals surface area contributed by atoms with Gasteiger partial charge in [-0.3, -0.25) is 4.79 Å². The van der Waals surface area contributed by atoms with E-state index in [2.05, 4.69) is 37.6 Å². The van der Waals surface area contributed by atoms with E-state index in [1.165, 1.54) is 18.3 Å². The maximum Gasteiger partial charge on any atom is 0.223 e. The highest BCUT2D eigenvalue weighted by Gasteiger charge is 2.14. The quantitative estimate of drug-likeness (QED) is 0.573. The summed E-state index contributed by atoms with van der Waals surface area (Å²) in [5.41, 5.74) is 3.87. The maximum atomic E-state index is 11.2. The van der Waals surface area contributed by atoms with Crippen LogP contribution in [0.2, 0.25) is 0 Å². The van der Waals surface area contributed by atoms with E-state index >= 15 is 0 Å². The molecule has 2 aromatic heterocycles. The highest BCUT2D eigenvalue weighted by Crippen LogP contribution is 2.35. The summed E-state index contributed by atoms with van der Waals surface area (Å²) in [6.45, 7) is 3.40. The van der Waals surface area contributed by atoms with E-state index in [0.29, 0.717) is 5.13 Å². The molecule has 9 heteroatoms. The molecule has 2 heterocycles. The normalized spacial score (nSPS) is 10.2. The fraction of sp³-hybridized carbons (Fsp3) is 0.235. The summed E-state index contributed by atoms with van der Waals surface area (Å²) in [6.07, 6.45) is 0. The summed E-state index contributed by atoms with van der Waals surface area (Å²) in [5.74, 6) is -0.123. The smallest absolute Gasteiger partial charge is 0.223 e. The van der Waals surface area contributed by atoms with Crippen LogP contribution in [0.25, 0.3) is 10.6 Å². The minimum atomic E-state index is -0.123. The molecule has 0 spiro atoms. The number of carbonyl (C=O) groups excluding carboxylic acids is 1. The molecule has 0 aliphatic carbocycles. The number of aryl methyl sites for hydroxylation is 1. The van der Waals surface area contributed by atoms with E-state index in [0.717, 1.165) is 32.8 Å². The van der Waals surface area contributed by atoms with Crippen LogP contribution in [0, 0.1) is 6.92 Å². The third-order valence-corrected chi connectivity index (χ3v) is 5.30. The first kappa shape index (κ1) is 20.3. The van der Waals surface area contributed by atoms with Crippen LogP contribution >= 0.6 is 39.7 Å². The lowest BCUT2D eigenvalue weighted by Crippen LogP contribution is -2.08. The van der Waals surface area contributed by atoms with E-state index in [9.17, 15) is 4.79 Å². The maximum absolute atomic E-state index is 11.2. The second-order valence-corrected chi connectivity index (χ2v) is 7.58. The Kier molecular flexibility index (Phi) is 6.74. The zero-order valence-electron chi connectivity index (χ0n) is 14.9. The lowest BCUT2D eigenvalue weighted by molar-refractivity contribution is -0.114. The molecule has 0 atom stereocenters. The lowest BCUT2D eigenvalue weighted by Gasteiger charge is -2.12. The van der Waals surface area contributed by atoms with Crippen molar-refractivity contribution in [3.63, 3.8) is 0 Å². The van der Waals surface area contributed by atoms with E-state index < -0.39 is 0 Å². The van der Waals surface area contributed by atoms with Crippen molar-refractivity contribution in [2.24, 2.45) is 0 Å². The standard InChI is InChI=1S/C17H19N5OS2.BrH/c1-10-15(25-17(18-10)19-11(2)23)14-9-24-16(21-14)20-12-5-7-13(8-6-12)22(3)4;/h5-9H,1-4H3,(H,20,21)(H,18,19,23);1H. The first-order valence-electron chi connectivity index (χ1n) is 7.67. The molecular weight excluding hydrogens is 434 g/mol. The van der Waals surface area contributed by atoms with Crippen molar-refractivity contribution in [1.29, 1.82) is 0 Å². The molecule has 0 fully saturated rings. The Bertz CT molecular complexity index is 889. The van der Waals surface area contributed by atoms with Crippen LogP contribution in [0.3, 0.4) is 0 Å². The third-order valence-electron chi connectivity index (χ3n) is 3.45. The van der Waals surface area contributed by atoms with Crippen LogP contribution < -0.4 is 15.5 Å². The summed E-state index contributed by atoms with van der Waals surface area (Å²) in [4.78, 5) is 23.2. The number of rotatable bonds is 5. The molecule has 3 rings (SSSR count). The van der Waals surface area contributed by atoms with Gasteiger partial charge in [0.25, 0.3) is 0 Å². The molecule has 138 valence electrons. The van der Waals surface area contributed by atoms with Gasteiger partial charge >= 0.3 is 0 Å². The van der Waals surface area contributed by atoms with Gasteiger partial charge in [0.15, 0.2) is 10.3 Å². The van der Waals surface area contributed by atoms with E-state index in [1.54, 1.807) is 11.3 Å². The minimum absolute atomic E-state index is 0. The SMILES string of the molecule is Br.CC(=O)Nc1nc(C)c(-c2csc(Nc3ccc(N(C)C)cc3)n2)s1. The van der Waals surface area contributed by atoms with Gasteiger partial charge in [0.05, 0.1) is 16.3 Å². The number of carbonyl (C=O) groups is 1. The molecule has 0 radical (unpaired) electrons. The second-order valence-electron chi connectivity index (χ2n) is 5.72. The van der Waals surface area contributed by atoms with Crippen molar-refractivity contribution in [2.45, 2.75) is 13.8 Å². The first-order valence-corrected chi connectivity index (χ1v) is 9.37. The Morgan fingerprint density at radius 3 is 2.42 bits per heavy atom. The largest absolute Gasteiger partial charge is 0.378 e. The highest BCUT2D eigenvalue weighted by molar-refractivity contribution is 8.93. The molecule has 6 nitrogen and oxygen atoms in total. The van der Waals surface area contributed by atoms with Crippen molar-refractivity contribution < 1.29 is 4.79 Å². The summed E-state index contributed by atoms with van der Waals surface area (Å²) in [5, 5.41) is 9.46. The van der Waals surface area contributed by atoms with Crippen LogP contribution in [0.4, 0.5) is 21.6 Å². The monoisotopic (exact) mass is 453 g/mol. The highest BCUT2D eigenvalue weighted by atomic mass is 79.9. The van der Waals surface area contributed by atoms with Crippen LogP contribution in [-0.2, 0) is 4.79 Å². The third kappa shape index (κ3) is 4.80. The zero-order chi connectivity index (χ0) is 18.0. The van der Waals surface area contributed by atoms with Crippen molar-refractivity contribution in [3.8, 4) is 10.6 Å². The number of aromatic nitrogens is 2. The van der Waals surface area contributed by atoms with Crippen LogP contribution in [0.5, 0.6) is 0 Å². The Hall–Kier alpha value is -1.97. The van der Waals surface area contributed by atoms with Gasteiger partial charge in [-0.05, 0) is 31.2 Å². The molecule has 0 unspecified atom stereocenters. The molecule has 0 saturated carbocycles. The Balaban J connectivity index is 0.00000243. The van der Waals surface area contributed by atoms with Crippen LogP contribution in [0.15, 0.2) is 29.6 Å². The number of anilines is 4. The molecule has 26 heavy (non-hydrogen) atoms. The fourth-order valence-electron chi connectivity index (χ4n) is 2.24. The molecular formula is C17H20BrN5OS2. The number of nitrogens with one attached hydrogen (secondary N) is 2. The van der Waals surface area contributed by atoms with E-state index in [-0.39, 0.29) is 22.9 Å². The topological polar surface area (TPSA) is 70.2 Å². The summed E-state index contributed by atoms with van der Waals surface area (Å²) >= 11 is 2.97. The molecule has 0 aliphatic heterocycles. The lowest BCUT2D eigenvalue weighted by atomic mass is 10.2. The minimum Gasteiger partial charge on any atom is -0.378 e. The van der Waals surface area contributed by atoms with Gasteiger partial charge in [0.1, 0.15) is 0 Å². The van der Waals surface area contributed by atoms with Gasteiger partial charge in [-0.15, -0.1) is 28.3 Å².